The van der Waals surface area contributed by atoms with Crippen molar-refractivity contribution in [1.82, 2.24) is 18.9 Å². The van der Waals surface area contributed by atoms with Gasteiger partial charge in [0.15, 0.2) is 0 Å². The number of para-hydroxylation sites is 3. The minimum atomic E-state index is 0. The van der Waals surface area contributed by atoms with Crippen LogP contribution in [-0.4, -0.2) is 18.9 Å². The van der Waals surface area contributed by atoms with Gasteiger partial charge < -0.3 is 9.55 Å². The Morgan fingerprint density at radius 1 is 0.645 bits per heavy atom. The molecule has 0 aliphatic rings. The van der Waals surface area contributed by atoms with E-state index >= 15 is 0 Å². The smallest absolute Gasteiger partial charge is 0.217 e. The third kappa shape index (κ3) is 4.19. The predicted molar refractivity (Wildman–Crippen MR) is 119 cm³/mol. The quantitative estimate of drug-likeness (QED) is 0.250. The molecule has 0 fully saturated rings. The molecule has 153 valence electrons. The third-order valence-electron chi connectivity index (χ3n) is 4.79. The Labute approximate surface area is 194 Å². The van der Waals surface area contributed by atoms with Gasteiger partial charge >= 0.3 is 0 Å². The van der Waals surface area contributed by atoms with Crippen molar-refractivity contribution in [3.8, 4) is 16.9 Å². The molecule has 0 bridgehead atoms. The maximum Gasteiger partial charge on any atom is 0.217 e. The van der Waals surface area contributed by atoms with Crippen LogP contribution in [0.3, 0.4) is 0 Å². The van der Waals surface area contributed by atoms with Crippen LogP contribution in [-0.2, 0) is 20.1 Å². The van der Waals surface area contributed by atoms with E-state index in [1.165, 1.54) is 0 Å². The van der Waals surface area contributed by atoms with Gasteiger partial charge in [0.05, 0.1) is 11.0 Å². The molecule has 0 saturated carbocycles. The maximum atomic E-state index is 4.44. The van der Waals surface area contributed by atoms with Gasteiger partial charge in [0, 0.05) is 38.7 Å². The average molecular weight is 579 g/mol. The summed E-state index contributed by atoms with van der Waals surface area (Å²) in [5, 5.41) is 0. The maximum absolute atomic E-state index is 4.44. The fourth-order valence-electron chi connectivity index (χ4n) is 3.45. The minimum Gasteiger partial charge on any atom is -0.305 e. The van der Waals surface area contributed by atoms with Crippen molar-refractivity contribution >= 4 is 16.8 Å². The van der Waals surface area contributed by atoms with Crippen LogP contribution < -0.4 is 0 Å². The van der Waals surface area contributed by atoms with E-state index in [4.69, 9.17) is 0 Å². The van der Waals surface area contributed by atoms with Crippen LogP contribution in [0.2, 0.25) is 0 Å². The molecule has 0 aliphatic heterocycles. The molecule has 4 nitrogen and oxygen atoms in total. The monoisotopic (exact) mass is 579 g/mol. The minimum absolute atomic E-state index is 0. The van der Waals surface area contributed by atoms with Crippen molar-refractivity contribution in [1.29, 1.82) is 0 Å². The van der Waals surface area contributed by atoms with Gasteiger partial charge in [-0.25, -0.2) is 4.98 Å². The summed E-state index contributed by atoms with van der Waals surface area (Å²) in [4.78, 5) is 8.66. The molecule has 0 atom stereocenters. The van der Waals surface area contributed by atoms with Crippen molar-refractivity contribution < 1.29 is 20.1 Å². The van der Waals surface area contributed by atoms with Crippen molar-refractivity contribution in [3.05, 3.63) is 122 Å². The summed E-state index contributed by atoms with van der Waals surface area (Å²) in [5.41, 5.74) is 5.32. The Hall–Kier alpha value is -3.53. The summed E-state index contributed by atoms with van der Waals surface area (Å²) in [5.74, 6) is 0.915. The first kappa shape index (κ1) is 20.7. The number of fused-ring (bicyclic) bond motifs is 3. The fraction of sp³-hybridized carbons (Fsp3) is 0. The summed E-state index contributed by atoms with van der Waals surface area (Å²) in [6.45, 7) is 0. The number of hydrogen-bond acceptors (Lipinski definition) is 2. The van der Waals surface area contributed by atoms with Crippen LogP contribution in [0.25, 0.3) is 33.8 Å². The van der Waals surface area contributed by atoms with Crippen LogP contribution >= 0.6 is 0 Å². The van der Waals surface area contributed by atoms with Crippen LogP contribution in [0.5, 0.6) is 0 Å². The van der Waals surface area contributed by atoms with E-state index in [9.17, 15) is 0 Å². The Morgan fingerprint density at radius 2 is 1.39 bits per heavy atom. The van der Waals surface area contributed by atoms with E-state index in [1.807, 2.05) is 91.3 Å². The number of imidazole rings is 2. The number of benzene rings is 3. The molecule has 0 amide bonds. The molecule has 1 radical (unpaired) electrons. The summed E-state index contributed by atoms with van der Waals surface area (Å²) in [7, 11) is 0. The Balaban J connectivity index is 0.000000156. The first-order chi connectivity index (χ1) is 14.9. The number of hydrogen-bond donors (Lipinski definition) is 0. The number of nitrogens with zero attached hydrogens (tertiary/aromatic N) is 4. The van der Waals surface area contributed by atoms with Crippen molar-refractivity contribution in [2.75, 3.05) is 0 Å². The number of pyridine rings is 1. The standard InChI is InChI=1S/C15H10N3.C11H8N.Ir/c1-2-6-12(7-3-1)18-14-9-5-4-8-13(14)17-11-10-16-15(17)18;1-2-6-10(7-3-1)11-8-4-5-9-12-11;/h1-6,8-11H;1-6,8-9H;/q2*-1;. The van der Waals surface area contributed by atoms with Gasteiger partial charge in [-0.15, -0.1) is 42.0 Å². The topological polar surface area (TPSA) is 35.1 Å². The summed E-state index contributed by atoms with van der Waals surface area (Å²) >= 11 is 0. The number of rotatable bonds is 2. The van der Waals surface area contributed by atoms with E-state index < -0.39 is 0 Å². The first-order valence-electron chi connectivity index (χ1n) is 9.69. The second kappa shape index (κ2) is 9.52. The van der Waals surface area contributed by atoms with E-state index in [0.29, 0.717) is 0 Å². The molecular weight excluding hydrogens is 561 g/mol. The van der Waals surface area contributed by atoms with Crippen molar-refractivity contribution in [2.24, 2.45) is 0 Å². The van der Waals surface area contributed by atoms with Crippen LogP contribution in [0.1, 0.15) is 0 Å². The molecule has 6 rings (SSSR count). The normalized spacial score (nSPS) is 10.3. The second-order valence-corrected chi connectivity index (χ2v) is 6.66. The molecule has 3 aromatic carbocycles. The van der Waals surface area contributed by atoms with E-state index in [2.05, 4.69) is 43.2 Å². The van der Waals surface area contributed by atoms with Crippen molar-refractivity contribution in [2.45, 2.75) is 0 Å². The molecule has 0 spiro atoms. The summed E-state index contributed by atoms with van der Waals surface area (Å²) in [6, 6.07) is 36.3. The zero-order valence-electron chi connectivity index (χ0n) is 16.5. The molecule has 0 saturated heterocycles. The molecule has 0 unspecified atom stereocenters. The van der Waals surface area contributed by atoms with Crippen LogP contribution in [0, 0.1) is 12.1 Å². The molecule has 31 heavy (non-hydrogen) atoms. The average Bonchev–Trinajstić information content (AvgIpc) is 3.42. The molecule has 0 aliphatic carbocycles. The molecular formula is C26H18IrN4-2. The first-order valence-corrected chi connectivity index (χ1v) is 9.69. The summed E-state index contributed by atoms with van der Waals surface area (Å²) in [6.07, 6.45) is 5.59. The predicted octanol–water partition coefficient (Wildman–Crippen LogP) is 5.62. The van der Waals surface area contributed by atoms with Crippen LogP contribution in [0.4, 0.5) is 0 Å². The van der Waals surface area contributed by atoms with Gasteiger partial charge in [0.2, 0.25) is 5.78 Å². The fourth-order valence-corrected chi connectivity index (χ4v) is 3.45. The van der Waals surface area contributed by atoms with Crippen molar-refractivity contribution in [3.63, 3.8) is 0 Å². The second-order valence-electron chi connectivity index (χ2n) is 6.66. The Kier molecular flexibility index (Phi) is 6.37. The van der Waals surface area contributed by atoms with Crippen LogP contribution in [0.15, 0.2) is 110 Å². The molecule has 3 heterocycles. The van der Waals surface area contributed by atoms with Gasteiger partial charge in [0.25, 0.3) is 0 Å². The zero-order chi connectivity index (χ0) is 20.2. The summed E-state index contributed by atoms with van der Waals surface area (Å²) < 4.78 is 4.21. The molecule has 6 aromatic rings. The largest absolute Gasteiger partial charge is 0.305 e. The Morgan fingerprint density at radius 3 is 2.10 bits per heavy atom. The van der Waals surface area contributed by atoms with Gasteiger partial charge in [0.1, 0.15) is 0 Å². The zero-order valence-corrected chi connectivity index (χ0v) is 18.9. The van der Waals surface area contributed by atoms with E-state index in [1.54, 1.807) is 6.20 Å². The van der Waals surface area contributed by atoms with E-state index in [0.717, 1.165) is 33.8 Å². The van der Waals surface area contributed by atoms with Gasteiger partial charge in [-0.3, -0.25) is 4.40 Å². The van der Waals surface area contributed by atoms with Gasteiger partial charge in [-0.1, -0.05) is 30.0 Å². The SMILES string of the molecule is [Ir].[c-]1ccccc1-c1ccccn1.[c-]1ccccc1-n1c2ccccc2n2ccnc12. The third-order valence-corrected chi connectivity index (χ3v) is 4.79. The van der Waals surface area contributed by atoms with Gasteiger partial charge in [-0.2, -0.15) is 24.3 Å². The Bertz CT molecular complexity index is 1340. The molecule has 0 N–H and O–H groups in total. The van der Waals surface area contributed by atoms with Gasteiger partial charge in [-0.05, 0) is 23.9 Å². The number of aromatic nitrogens is 4. The van der Waals surface area contributed by atoms with E-state index in [-0.39, 0.29) is 20.1 Å². The molecule has 3 aromatic heterocycles. The molecule has 5 heteroatoms.